The maximum absolute atomic E-state index is 13.3. The van der Waals surface area contributed by atoms with Crippen LogP contribution in [0.25, 0.3) is 11.0 Å². The summed E-state index contributed by atoms with van der Waals surface area (Å²) >= 11 is 0. The molecule has 0 spiro atoms. The van der Waals surface area contributed by atoms with Crippen LogP contribution in [0, 0.1) is 0 Å². The molecule has 2 aromatic heterocycles. The Hall–Kier alpha value is -3.68. The zero-order chi connectivity index (χ0) is 25.2. The summed E-state index contributed by atoms with van der Waals surface area (Å²) in [6, 6.07) is 15.4. The van der Waals surface area contributed by atoms with Crippen LogP contribution in [0.15, 0.2) is 57.7 Å². The van der Waals surface area contributed by atoms with Gasteiger partial charge in [-0.3, -0.25) is 0 Å². The first-order valence-electron chi connectivity index (χ1n) is 12.2. The molecule has 0 aliphatic heterocycles. The van der Waals surface area contributed by atoms with Gasteiger partial charge in [0.25, 0.3) is 0 Å². The van der Waals surface area contributed by atoms with Crippen LogP contribution in [0.3, 0.4) is 0 Å². The summed E-state index contributed by atoms with van der Waals surface area (Å²) in [6.07, 6.45) is 0.954. The number of nitrogens with zero attached hydrogens (tertiary/aromatic N) is 5. The largest absolute Gasteiger partial charge is 0.422 e. The molecule has 4 aromatic rings. The Labute approximate surface area is 206 Å². The van der Waals surface area contributed by atoms with Gasteiger partial charge in [-0.1, -0.05) is 19.1 Å². The molecule has 8 heteroatoms. The van der Waals surface area contributed by atoms with E-state index in [2.05, 4.69) is 64.7 Å². The Morgan fingerprint density at radius 2 is 1.74 bits per heavy atom. The van der Waals surface area contributed by atoms with E-state index in [-0.39, 0.29) is 5.54 Å². The fraction of sp³-hybridized carbons (Fsp3) is 0.407. The Morgan fingerprint density at radius 1 is 1.03 bits per heavy atom. The van der Waals surface area contributed by atoms with Gasteiger partial charge in [0.1, 0.15) is 11.6 Å². The lowest BCUT2D eigenvalue weighted by Crippen LogP contribution is -2.31. The van der Waals surface area contributed by atoms with Crippen LogP contribution >= 0.6 is 0 Å². The lowest BCUT2D eigenvalue weighted by atomic mass is 10.0. The molecular weight excluding hydrogens is 440 g/mol. The number of fused-ring (bicyclic) bond motifs is 1. The highest BCUT2D eigenvalue weighted by molar-refractivity contribution is 5.81. The molecule has 0 fully saturated rings. The summed E-state index contributed by atoms with van der Waals surface area (Å²) in [5, 5.41) is 16.8. The lowest BCUT2D eigenvalue weighted by molar-refractivity contribution is 0.332. The van der Waals surface area contributed by atoms with Crippen molar-refractivity contribution in [3.8, 4) is 0 Å². The topological polar surface area (TPSA) is 89.1 Å². The Bertz CT molecular complexity index is 1350. The van der Waals surface area contributed by atoms with Crippen molar-refractivity contribution in [1.29, 1.82) is 0 Å². The standard InChI is InChI=1S/C27H34N6O2/c1-7-18-10-13-20(14-11-18)28-24(25-29-30-31-33(25)27(4,5)6)22-16-19-12-15-21(32(8-2)9-3)17-23(19)35-26(22)34/h10-17,24,28H,7-9H2,1-6H3. The van der Waals surface area contributed by atoms with Gasteiger partial charge in [-0.05, 0) is 87.4 Å². The van der Waals surface area contributed by atoms with E-state index in [9.17, 15) is 4.79 Å². The highest BCUT2D eigenvalue weighted by atomic mass is 16.4. The molecule has 1 atom stereocenters. The van der Waals surface area contributed by atoms with Crippen molar-refractivity contribution < 1.29 is 4.42 Å². The van der Waals surface area contributed by atoms with Crippen LogP contribution in [-0.2, 0) is 12.0 Å². The van der Waals surface area contributed by atoms with E-state index < -0.39 is 11.7 Å². The summed E-state index contributed by atoms with van der Waals surface area (Å²) in [7, 11) is 0. The van der Waals surface area contributed by atoms with Gasteiger partial charge in [-0.15, -0.1) is 5.10 Å². The molecule has 0 aliphatic rings. The van der Waals surface area contributed by atoms with Crippen LogP contribution in [-0.4, -0.2) is 33.3 Å². The molecule has 0 bridgehead atoms. The third-order valence-corrected chi connectivity index (χ3v) is 6.25. The first kappa shape index (κ1) is 24.4. The molecule has 0 radical (unpaired) electrons. The Balaban J connectivity index is 1.84. The number of anilines is 2. The van der Waals surface area contributed by atoms with Crippen LogP contribution in [0.5, 0.6) is 0 Å². The molecule has 184 valence electrons. The number of benzene rings is 2. The average molecular weight is 475 g/mol. The monoisotopic (exact) mass is 474 g/mol. The maximum Gasteiger partial charge on any atom is 0.342 e. The highest BCUT2D eigenvalue weighted by Gasteiger charge is 2.29. The second kappa shape index (κ2) is 9.90. The Morgan fingerprint density at radius 3 is 2.37 bits per heavy atom. The number of tetrazole rings is 1. The fourth-order valence-electron chi connectivity index (χ4n) is 4.24. The van der Waals surface area contributed by atoms with Crippen molar-refractivity contribution in [2.24, 2.45) is 0 Å². The predicted octanol–water partition coefficient (Wildman–Crippen LogP) is 5.14. The molecule has 1 N–H and O–H groups in total. The zero-order valence-corrected chi connectivity index (χ0v) is 21.4. The van der Waals surface area contributed by atoms with Gasteiger partial charge in [-0.2, -0.15) is 0 Å². The van der Waals surface area contributed by atoms with Crippen LogP contribution in [0.2, 0.25) is 0 Å². The van der Waals surface area contributed by atoms with Crippen LogP contribution in [0.4, 0.5) is 11.4 Å². The average Bonchev–Trinajstić information content (AvgIpc) is 3.34. The fourth-order valence-corrected chi connectivity index (χ4v) is 4.24. The second-order valence-electron chi connectivity index (χ2n) is 9.63. The van der Waals surface area contributed by atoms with Crippen molar-refractivity contribution in [3.63, 3.8) is 0 Å². The minimum Gasteiger partial charge on any atom is -0.422 e. The van der Waals surface area contributed by atoms with Gasteiger partial charge >= 0.3 is 5.63 Å². The smallest absolute Gasteiger partial charge is 0.342 e. The number of hydrogen-bond acceptors (Lipinski definition) is 7. The van der Waals surface area contributed by atoms with E-state index in [1.165, 1.54) is 5.56 Å². The van der Waals surface area contributed by atoms with Crippen molar-refractivity contribution in [2.45, 2.75) is 59.5 Å². The summed E-state index contributed by atoms with van der Waals surface area (Å²) < 4.78 is 7.60. The normalized spacial score (nSPS) is 12.6. The van der Waals surface area contributed by atoms with Crippen molar-refractivity contribution in [3.05, 3.63) is 75.9 Å². The molecule has 8 nitrogen and oxygen atoms in total. The number of aromatic nitrogens is 4. The van der Waals surface area contributed by atoms with Crippen LogP contribution < -0.4 is 15.8 Å². The first-order valence-corrected chi connectivity index (χ1v) is 12.2. The number of aryl methyl sites for hydroxylation is 1. The predicted molar refractivity (Wildman–Crippen MR) is 140 cm³/mol. The molecule has 2 aromatic carbocycles. The number of nitrogens with one attached hydrogen (secondary N) is 1. The third-order valence-electron chi connectivity index (χ3n) is 6.25. The molecular formula is C27H34N6O2. The first-order chi connectivity index (χ1) is 16.7. The van der Waals surface area contributed by atoms with E-state index in [1.54, 1.807) is 4.68 Å². The minimum atomic E-state index is -0.597. The molecule has 35 heavy (non-hydrogen) atoms. The quantitative estimate of drug-likeness (QED) is 0.354. The number of rotatable bonds is 8. The van der Waals surface area contributed by atoms with E-state index in [0.717, 1.165) is 36.3 Å². The van der Waals surface area contributed by atoms with Gasteiger partial charge in [0.2, 0.25) is 0 Å². The molecule has 4 rings (SSSR count). The van der Waals surface area contributed by atoms with Gasteiger partial charge in [0, 0.05) is 35.9 Å². The van der Waals surface area contributed by atoms with E-state index in [1.807, 2.05) is 51.1 Å². The molecule has 0 amide bonds. The summed E-state index contributed by atoms with van der Waals surface area (Å²) in [4.78, 5) is 15.6. The summed E-state index contributed by atoms with van der Waals surface area (Å²) in [6.45, 7) is 14.2. The second-order valence-corrected chi connectivity index (χ2v) is 9.63. The third kappa shape index (κ3) is 5.06. The molecule has 0 saturated heterocycles. The van der Waals surface area contributed by atoms with Crippen molar-refractivity contribution in [1.82, 2.24) is 20.2 Å². The summed E-state index contributed by atoms with van der Waals surface area (Å²) in [5.41, 5.74) is 3.35. The lowest BCUT2D eigenvalue weighted by Gasteiger charge is -2.25. The van der Waals surface area contributed by atoms with Crippen molar-refractivity contribution >= 4 is 22.3 Å². The SMILES string of the molecule is CCc1ccc(NC(c2cc3ccc(N(CC)CC)cc3oc2=O)c2nnnn2C(C)(C)C)cc1. The molecule has 2 heterocycles. The molecule has 0 saturated carbocycles. The van der Waals surface area contributed by atoms with E-state index in [4.69, 9.17) is 4.42 Å². The van der Waals surface area contributed by atoms with Gasteiger partial charge < -0.3 is 14.6 Å². The minimum absolute atomic E-state index is 0.374. The Kier molecular flexibility index (Phi) is 6.91. The van der Waals surface area contributed by atoms with E-state index in [0.29, 0.717) is 17.0 Å². The van der Waals surface area contributed by atoms with Gasteiger partial charge in [0.05, 0.1) is 11.1 Å². The molecule has 0 aliphatic carbocycles. The van der Waals surface area contributed by atoms with Gasteiger partial charge in [0.15, 0.2) is 5.82 Å². The van der Waals surface area contributed by atoms with Gasteiger partial charge in [-0.25, -0.2) is 9.48 Å². The summed E-state index contributed by atoms with van der Waals surface area (Å²) in [5.74, 6) is 0.545. The molecule has 1 unspecified atom stereocenters. The van der Waals surface area contributed by atoms with Crippen molar-refractivity contribution in [2.75, 3.05) is 23.3 Å². The number of hydrogen-bond donors (Lipinski definition) is 1. The highest BCUT2D eigenvalue weighted by Crippen LogP contribution is 2.29. The zero-order valence-electron chi connectivity index (χ0n) is 21.4. The van der Waals surface area contributed by atoms with Crippen LogP contribution in [0.1, 0.15) is 64.5 Å². The maximum atomic E-state index is 13.3. The van der Waals surface area contributed by atoms with E-state index >= 15 is 0 Å².